The number of anilines is 1. The molecule has 1 aliphatic carbocycles. The van der Waals surface area contributed by atoms with E-state index in [4.69, 9.17) is 11.6 Å². The van der Waals surface area contributed by atoms with Gasteiger partial charge in [-0.15, -0.1) is 0 Å². The minimum absolute atomic E-state index is 0.282. The van der Waals surface area contributed by atoms with Crippen LogP contribution in [0.3, 0.4) is 0 Å². The van der Waals surface area contributed by atoms with Crippen LogP contribution < -0.4 is 5.32 Å². The van der Waals surface area contributed by atoms with Gasteiger partial charge < -0.3 is 10.4 Å². The number of halogens is 1. The van der Waals surface area contributed by atoms with Crippen LogP contribution in [0.25, 0.3) is 0 Å². The molecule has 1 aromatic heterocycles. The number of hydrogen-bond acceptors (Lipinski definition) is 4. The van der Waals surface area contributed by atoms with Gasteiger partial charge in [0.2, 0.25) is 0 Å². The molecule has 0 saturated heterocycles. The molecule has 1 aromatic rings. The van der Waals surface area contributed by atoms with E-state index in [0.717, 1.165) is 12.8 Å². The molecule has 0 aliphatic heterocycles. The van der Waals surface area contributed by atoms with Gasteiger partial charge in [-0.25, -0.2) is 4.98 Å². The van der Waals surface area contributed by atoms with Gasteiger partial charge in [0.15, 0.2) is 0 Å². The number of nitrogens with one attached hydrogen (secondary N) is 1. The first-order valence-corrected chi connectivity index (χ1v) is 5.03. The maximum Gasteiger partial charge on any atom is 0.149 e. The lowest BCUT2D eigenvalue weighted by Crippen LogP contribution is -2.21. The van der Waals surface area contributed by atoms with Crippen LogP contribution >= 0.6 is 11.6 Å². The van der Waals surface area contributed by atoms with Gasteiger partial charge in [-0.05, 0) is 18.8 Å². The summed E-state index contributed by atoms with van der Waals surface area (Å²) in [5.74, 6) is 1.08. The number of aliphatic hydroxyl groups is 1. The molecule has 2 N–H and O–H groups in total. The minimum Gasteiger partial charge on any atom is -0.391 e. The molecule has 0 bridgehead atoms. The van der Waals surface area contributed by atoms with Crippen LogP contribution in [0.5, 0.6) is 0 Å². The van der Waals surface area contributed by atoms with Crippen molar-refractivity contribution in [2.75, 3.05) is 11.9 Å². The van der Waals surface area contributed by atoms with Crippen molar-refractivity contribution in [1.29, 1.82) is 0 Å². The Kier molecular flexibility index (Phi) is 2.84. The molecule has 76 valence electrons. The average molecular weight is 214 g/mol. The molecule has 5 heteroatoms. The number of rotatable bonds is 4. The summed E-state index contributed by atoms with van der Waals surface area (Å²) in [4.78, 5) is 7.89. The van der Waals surface area contributed by atoms with Gasteiger partial charge in [0.05, 0.1) is 18.5 Å². The third-order valence-electron chi connectivity index (χ3n) is 2.26. The molecular weight excluding hydrogens is 202 g/mol. The van der Waals surface area contributed by atoms with Crippen LogP contribution in [-0.4, -0.2) is 27.7 Å². The largest absolute Gasteiger partial charge is 0.391 e. The predicted octanol–water partition coefficient (Wildman–Crippen LogP) is 1.31. The Balaban J connectivity index is 1.84. The summed E-state index contributed by atoms with van der Waals surface area (Å²) >= 11 is 5.66. The van der Waals surface area contributed by atoms with Crippen LogP contribution in [0.4, 0.5) is 5.82 Å². The van der Waals surface area contributed by atoms with Crippen LogP contribution in [0, 0.1) is 5.92 Å². The maximum absolute atomic E-state index is 9.58. The van der Waals surface area contributed by atoms with Gasteiger partial charge in [0.1, 0.15) is 11.0 Å². The van der Waals surface area contributed by atoms with Gasteiger partial charge in [-0.2, -0.15) is 0 Å². The average Bonchev–Trinajstić information content (AvgIpc) is 2.97. The van der Waals surface area contributed by atoms with Crippen LogP contribution in [0.1, 0.15) is 12.8 Å². The zero-order chi connectivity index (χ0) is 9.97. The van der Waals surface area contributed by atoms with Crippen molar-refractivity contribution >= 4 is 17.4 Å². The quantitative estimate of drug-likeness (QED) is 0.792. The predicted molar refractivity (Wildman–Crippen MR) is 54.3 cm³/mol. The Labute approximate surface area is 87.3 Å². The van der Waals surface area contributed by atoms with E-state index in [-0.39, 0.29) is 6.10 Å². The summed E-state index contributed by atoms with van der Waals surface area (Å²) in [7, 11) is 0. The number of nitrogens with zero attached hydrogens (tertiary/aromatic N) is 2. The maximum atomic E-state index is 9.58. The third-order valence-corrected chi connectivity index (χ3v) is 2.45. The Morgan fingerprint density at radius 2 is 2.36 bits per heavy atom. The SMILES string of the molecule is OC(CNc1cncc(Cl)n1)C1CC1. The van der Waals surface area contributed by atoms with E-state index in [1.54, 1.807) is 6.20 Å². The molecule has 0 spiro atoms. The van der Waals surface area contributed by atoms with E-state index in [9.17, 15) is 5.11 Å². The Bertz CT molecular complexity index is 317. The van der Waals surface area contributed by atoms with Gasteiger partial charge >= 0.3 is 0 Å². The highest BCUT2D eigenvalue weighted by molar-refractivity contribution is 6.29. The molecule has 1 atom stereocenters. The number of aliphatic hydroxyl groups excluding tert-OH is 1. The van der Waals surface area contributed by atoms with Crippen molar-refractivity contribution in [3.8, 4) is 0 Å². The van der Waals surface area contributed by atoms with Crippen molar-refractivity contribution in [3.63, 3.8) is 0 Å². The molecule has 0 amide bonds. The second-order valence-electron chi connectivity index (χ2n) is 3.51. The van der Waals surface area contributed by atoms with Crippen molar-refractivity contribution in [3.05, 3.63) is 17.5 Å². The fourth-order valence-corrected chi connectivity index (χ4v) is 1.43. The van der Waals surface area contributed by atoms with Crippen molar-refractivity contribution in [2.24, 2.45) is 5.92 Å². The molecule has 1 unspecified atom stereocenters. The molecule has 0 radical (unpaired) electrons. The topological polar surface area (TPSA) is 58.0 Å². The highest BCUT2D eigenvalue weighted by Crippen LogP contribution is 2.32. The summed E-state index contributed by atoms with van der Waals surface area (Å²) in [5.41, 5.74) is 0. The highest BCUT2D eigenvalue weighted by atomic mass is 35.5. The van der Waals surface area contributed by atoms with Crippen LogP contribution in [0.2, 0.25) is 5.15 Å². The normalized spacial score (nSPS) is 17.9. The monoisotopic (exact) mass is 213 g/mol. The van der Waals surface area contributed by atoms with Crippen molar-refractivity contribution in [2.45, 2.75) is 18.9 Å². The molecule has 14 heavy (non-hydrogen) atoms. The molecular formula is C9H12ClN3O. The number of aromatic nitrogens is 2. The van der Waals surface area contributed by atoms with Crippen LogP contribution in [-0.2, 0) is 0 Å². The first-order chi connectivity index (χ1) is 6.75. The second-order valence-corrected chi connectivity index (χ2v) is 3.90. The van der Waals surface area contributed by atoms with E-state index in [0.29, 0.717) is 23.4 Å². The van der Waals surface area contributed by atoms with Gasteiger partial charge in [0, 0.05) is 6.54 Å². The molecule has 1 saturated carbocycles. The smallest absolute Gasteiger partial charge is 0.149 e. The molecule has 1 heterocycles. The summed E-state index contributed by atoms with van der Waals surface area (Å²) in [5, 5.41) is 12.9. The van der Waals surface area contributed by atoms with E-state index in [1.807, 2.05) is 0 Å². The molecule has 0 aromatic carbocycles. The molecule has 4 nitrogen and oxygen atoms in total. The zero-order valence-corrected chi connectivity index (χ0v) is 8.41. The molecule has 2 rings (SSSR count). The number of hydrogen-bond donors (Lipinski definition) is 2. The summed E-state index contributed by atoms with van der Waals surface area (Å²) < 4.78 is 0. The van der Waals surface area contributed by atoms with Crippen molar-refractivity contribution < 1.29 is 5.11 Å². The Hall–Kier alpha value is -0.870. The first kappa shape index (κ1) is 9.68. The second kappa shape index (κ2) is 4.11. The zero-order valence-electron chi connectivity index (χ0n) is 7.65. The summed E-state index contributed by atoms with van der Waals surface area (Å²) in [6.07, 6.45) is 5.04. The first-order valence-electron chi connectivity index (χ1n) is 4.65. The lowest BCUT2D eigenvalue weighted by Gasteiger charge is -2.10. The van der Waals surface area contributed by atoms with Gasteiger partial charge in [0.25, 0.3) is 0 Å². The van der Waals surface area contributed by atoms with Crippen molar-refractivity contribution in [1.82, 2.24) is 9.97 Å². The minimum atomic E-state index is -0.282. The Morgan fingerprint density at radius 1 is 1.57 bits per heavy atom. The van der Waals surface area contributed by atoms with E-state index in [2.05, 4.69) is 15.3 Å². The fraction of sp³-hybridized carbons (Fsp3) is 0.556. The third kappa shape index (κ3) is 2.56. The van der Waals surface area contributed by atoms with E-state index in [1.165, 1.54) is 6.20 Å². The highest BCUT2D eigenvalue weighted by Gasteiger charge is 2.29. The Morgan fingerprint density at radius 3 is 3.00 bits per heavy atom. The van der Waals surface area contributed by atoms with E-state index < -0.39 is 0 Å². The summed E-state index contributed by atoms with van der Waals surface area (Å²) in [6.45, 7) is 0.514. The lowest BCUT2D eigenvalue weighted by atomic mass is 10.2. The lowest BCUT2D eigenvalue weighted by molar-refractivity contribution is 0.164. The van der Waals surface area contributed by atoms with E-state index >= 15 is 0 Å². The molecule has 1 aliphatic rings. The fourth-order valence-electron chi connectivity index (χ4n) is 1.28. The van der Waals surface area contributed by atoms with Gasteiger partial charge in [-0.1, -0.05) is 11.6 Å². The summed E-state index contributed by atoms with van der Waals surface area (Å²) in [6, 6.07) is 0. The molecule has 1 fully saturated rings. The van der Waals surface area contributed by atoms with Gasteiger partial charge in [-0.3, -0.25) is 4.98 Å². The van der Waals surface area contributed by atoms with Crippen LogP contribution in [0.15, 0.2) is 12.4 Å². The standard InChI is InChI=1S/C9H12ClN3O/c10-8-4-11-5-9(13-8)12-3-7(14)6-1-2-6/h4-7,14H,1-3H2,(H,12,13).